The van der Waals surface area contributed by atoms with E-state index in [4.69, 9.17) is 19.6 Å². The highest BCUT2D eigenvalue weighted by molar-refractivity contribution is 6.05. The second-order valence-electron chi connectivity index (χ2n) is 8.24. The van der Waals surface area contributed by atoms with Gasteiger partial charge in [0.2, 0.25) is 12.3 Å². The van der Waals surface area contributed by atoms with Crippen LogP contribution < -0.4 is 20.7 Å². The number of hydrogen-bond donors (Lipinski definition) is 2. The molecule has 38 heavy (non-hydrogen) atoms. The average Bonchev–Trinajstić information content (AvgIpc) is 3.32. The molecule has 2 amide bonds. The highest BCUT2D eigenvalue weighted by Gasteiger charge is 2.27. The van der Waals surface area contributed by atoms with Gasteiger partial charge in [0.05, 0.1) is 24.5 Å². The molecule has 0 saturated heterocycles. The molecule has 3 aromatic carbocycles. The molecule has 0 fully saturated rings. The quantitative estimate of drug-likeness (QED) is 0.200. The van der Waals surface area contributed by atoms with Crippen LogP contribution >= 0.6 is 0 Å². The summed E-state index contributed by atoms with van der Waals surface area (Å²) in [7, 11) is 0. The number of para-hydroxylation sites is 3. The summed E-state index contributed by atoms with van der Waals surface area (Å²) in [6.45, 7) is -1.41. The Hall–Kier alpha value is -4.51. The van der Waals surface area contributed by atoms with Crippen LogP contribution in [0, 0.1) is 0 Å². The van der Waals surface area contributed by atoms with Crippen LogP contribution in [0.15, 0.2) is 77.2 Å². The summed E-state index contributed by atoms with van der Waals surface area (Å²) in [4.78, 5) is 25.4. The molecule has 0 aliphatic carbocycles. The zero-order chi connectivity index (χ0) is 27.1. The zero-order valence-electron chi connectivity index (χ0n) is 20.0. The van der Waals surface area contributed by atoms with E-state index in [0.717, 1.165) is 0 Å². The van der Waals surface area contributed by atoms with E-state index in [1.807, 2.05) is 0 Å². The third kappa shape index (κ3) is 6.83. The molecular formula is C27H24F3N3O5. The van der Waals surface area contributed by atoms with E-state index in [9.17, 15) is 22.8 Å². The summed E-state index contributed by atoms with van der Waals surface area (Å²) < 4.78 is 53.4. The fourth-order valence-electron chi connectivity index (χ4n) is 3.63. The number of benzene rings is 3. The van der Waals surface area contributed by atoms with Crippen molar-refractivity contribution in [1.29, 1.82) is 0 Å². The molecule has 0 atom stereocenters. The van der Waals surface area contributed by atoms with Crippen LogP contribution in [0.4, 0.5) is 30.4 Å². The topological polar surface area (TPSA) is 107 Å². The van der Waals surface area contributed by atoms with Crippen LogP contribution in [0.5, 0.6) is 5.75 Å². The van der Waals surface area contributed by atoms with E-state index in [0.29, 0.717) is 45.6 Å². The molecule has 0 unspecified atom stereocenters. The van der Waals surface area contributed by atoms with E-state index in [1.54, 1.807) is 72.8 Å². The van der Waals surface area contributed by atoms with Crippen LogP contribution in [0.2, 0.25) is 0 Å². The minimum absolute atomic E-state index is 0.115. The normalized spacial score (nSPS) is 11.3. The number of nitrogens with two attached hydrogens (primary N) is 1. The van der Waals surface area contributed by atoms with Gasteiger partial charge < -0.3 is 24.9 Å². The molecule has 0 aliphatic rings. The lowest BCUT2D eigenvalue weighted by Gasteiger charge is -2.15. The molecule has 0 bridgehead atoms. The van der Waals surface area contributed by atoms with E-state index < -0.39 is 12.8 Å². The first-order chi connectivity index (χ1) is 18.2. The highest BCUT2D eigenvalue weighted by Crippen LogP contribution is 2.29. The molecule has 1 heterocycles. The maximum atomic E-state index is 12.5. The van der Waals surface area contributed by atoms with Gasteiger partial charge >= 0.3 is 6.18 Å². The molecule has 11 heteroatoms. The van der Waals surface area contributed by atoms with E-state index in [2.05, 4.69) is 5.32 Å². The van der Waals surface area contributed by atoms with Crippen LogP contribution in [0.1, 0.15) is 15.9 Å². The first-order valence-corrected chi connectivity index (χ1v) is 11.5. The number of halogens is 3. The lowest BCUT2D eigenvalue weighted by atomic mass is 10.2. The van der Waals surface area contributed by atoms with Gasteiger partial charge in [0.15, 0.2) is 0 Å². The number of carbonyl (C=O) groups is 2. The summed E-state index contributed by atoms with van der Waals surface area (Å²) in [5.41, 5.74) is 8.00. The number of carbonyl (C=O) groups excluding carboxylic acids is 2. The molecular weight excluding hydrogens is 503 g/mol. The minimum atomic E-state index is -4.43. The highest BCUT2D eigenvalue weighted by atomic mass is 19.4. The van der Waals surface area contributed by atoms with E-state index in [-0.39, 0.29) is 31.5 Å². The first-order valence-electron chi connectivity index (χ1n) is 11.5. The maximum Gasteiger partial charge on any atom is 0.411 e. The van der Waals surface area contributed by atoms with Gasteiger partial charge in [0.25, 0.3) is 5.91 Å². The van der Waals surface area contributed by atoms with E-state index in [1.165, 1.54) is 4.90 Å². The average molecular weight is 527 g/mol. The number of nitrogen functional groups attached to an aromatic ring is 1. The van der Waals surface area contributed by atoms with Crippen molar-refractivity contribution in [2.75, 3.05) is 35.7 Å². The number of alkyl halides is 3. The van der Waals surface area contributed by atoms with Crippen LogP contribution in [0.3, 0.4) is 0 Å². The lowest BCUT2D eigenvalue weighted by Crippen LogP contribution is -2.26. The van der Waals surface area contributed by atoms with Crippen LogP contribution in [0.25, 0.3) is 11.0 Å². The number of furan rings is 1. The molecule has 4 aromatic rings. The zero-order valence-corrected chi connectivity index (χ0v) is 20.0. The number of amides is 2. The van der Waals surface area contributed by atoms with Crippen molar-refractivity contribution in [2.24, 2.45) is 0 Å². The van der Waals surface area contributed by atoms with Crippen molar-refractivity contribution >= 4 is 40.5 Å². The van der Waals surface area contributed by atoms with Crippen LogP contribution in [-0.4, -0.2) is 38.3 Å². The predicted octanol–water partition coefficient (Wildman–Crippen LogP) is 5.39. The Labute approximate surface area is 215 Å². The summed E-state index contributed by atoms with van der Waals surface area (Å²) in [5, 5.41) is 3.36. The van der Waals surface area contributed by atoms with Crippen molar-refractivity contribution < 1.29 is 36.7 Å². The Kier molecular flexibility index (Phi) is 8.17. The molecule has 3 N–H and O–H groups in total. The second kappa shape index (κ2) is 11.7. The van der Waals surface area contributed by atoms with Gasteiger partial charge in [-0.25, -0.2) is 0 Å². The third-order valence-corrected chi connectivity index (χ3v) is 5.47. The first kappa shape index (κ1) is 26.6. The molecule has 0 spiro atoms. The Morgan fingerprint density at radius 2 is 1.82 bits per heavy atom. The molecule has 0 aliphatic heterocycles. The van der Waals surface area contributed by atoms with Crippen molar-refractivity contribution in [2.45, 2.75) is 12.8 Å². The Morgan fingerprint density at radius 1 is 1.05 bits per heavy atom. The number of anilines is 3. The van der Waals surface area contributed by atoms with Crippen molar-refractivity contribution in [3.05, 3.63) is 83.9 Å². The Bertz CT molecular complexity index is 1400. The second-order valence-corrected chi connectivity index (χ2v) is 8.24. The third-order valence-electron chi connectivity index (χ3n) is 5.47. The summed E-state index contributed by atoms with van der Waals surface area (Å²) in [6, 6.07) is 20.0. The van der Waals surface area contributed by atoms with Crippen molar-refractivity contribution in [3.8, 4) is 5.75 Å². The summed E-state index contributed by atoms with van der Waals surface area (Å²) in [5.74, 6) is 0.379. The molecule has 1 aromatic heterocycles. The number of hydrogen-bond acceptors (Lipinski definition) is 6. The number of nitrogens with zero attached hydrogens (tertiary/aromatic N) is 1. The minimum Gasteiger partial charge on any atom is -0.492 e. The van der Waals surface area contributed by atoms with Gasteiger partial charge in [0, 0.05) is 22.6 Å². The van der Waals surface area contributed by atoms with Gasteiger partial charge in [-0.15, -0.1) is 0 Å². The largest absolute Gasteiger partial charge is 0.492 e. The molecule has 198 valence electrons. The number of rotatable bonds is 11. The number of fused-ring (bicyclic) bond motifs is 1. The van der Waals surface area contributed by atoms with Gasteiger partial charge in [-0.05, 0) is 36.4 Å². The van der Waals surface area contributed by atoms with Gasteiger partial charge in [-0.1, -0.05) is 30.3 Å². The monoisotopic (exact) mass is 527 g/mol. The molecule has 0 radical (unpaired) electrons. The van der Waals surface area contributed by atoms with Crippen LogP contribution in [-0.2, 0) is 16.1 Å². The van der Waals surface area contributed by atoms with E-state index >= 15 is 0 Å². The maximum absolute atomic E-state index is 12.5. The van der Waals surface area contributed by atoms with Crippen molar-refractivity contribution in [1.82, 2.24) is 0 Å². The fraction of sp³-hybridized carbons (Fsp3) is 0.185. The standard InChI is InChI=1S/C27H24F3N3O5/c28-27(29,30)16-36-15-20-5-3-4-19-14-24(38-25(19)20)33(17-34)12-13-37-21-10-8-18(9-11-21)26(35)32-23-7-2-1-6-22(23)31/h1-11,14,17H,12-13,15-16,31H2,(H,32,35). The summed E-state index contributed by atoms with van der Waals surface area (Å²) >= 11 is 0. The smallest absolute Gasteiger partial charge is 0.411 e. The van der Waals surface area contributed by atoms with Gasteiger partial charge in [-0.2, -0.15) is 13.2 Å². The predicted molar refractivity (Wildman–Crippen MR) is 136 cm³/mol. The molecule has 4 rings (SSSR count). The Morgan fingerprint density at radius 3 is 2.53 bits per heavy atom. The lowest BCUT2D eigenvalue weighted by molar-refractivity contribution is -0.176. The number of nitrogens with one attached hydrogen (secondary N) is 1. The SMILES string of the molecule is Nc1ccccc1NC(=O)c1ccc(OCCN(C=O)c2cc3cccc(COCC(F)(F)F)c3o2)cc1. The molecule has 8 nitrogen and oxygen atoms in total. The van der Waals surface area contributed by atoms with Gasteiger partial charge in [0.1, 0.15) is 24.5 Å². The molecule has 0 saturated carbocycles. The van der Waals surface area contributed by atoms with Crippen molar-refractivity contribution in [3.63, 3.8) is 0 Å². The van der Waals surface area contributed by atoms with Gasteiger partial charge in [-0.3, -0.25) is 14.5 Å². The Balaban J connectivity index is 1.33. The fourth-order valence-corrected chi connectivity index (χ4v) is 3.63. The summed E-state index contributed by atoms with van der Waals surface area (Å²) in [6.07, 6.45) is -3.86. The number of ether oxygens (including phenoxy) is 2.